The quantitative estimate of drug-likeness (QED) is 0.159. The molecule has 0 aliphatic heterocycles. The molecule has 1 rings (SSSR count). The van der Waals surface area contributed by atoms with Crippen LogP contribution in [0.25, 0.3) is 4.85 Å². The number of nitriles is 1. The number of aliphatic hydroxyl groups excluding tert-OH is 1. The Balaban J connectivity index is -0.0000000159. The monoisotopic (exact) mass is 735 g/mol. The molecular formula is C16H30BrClN6O3Y3-6. The predicted molar refractivity (Wildman–Crippen MR) is 115 cm³/mol. The van der Waals surface area contributed by atoms with Gasteiger partial charge in [-0.1, -0.05) is 24.7 Å². The Labute approximate surface area is 273 Å². The first-order valence-electron chi connectivity index (χ1n) is 6.34. The molecule has 0 saturated heterocycles. The SMILES string of the molecule is Brc1cn[c-][nH]1.C.Cl.N#CCN.O=[C-]O.[C-]#[N+]CN[C-]=O.[CH2-]C.[CH2-]C.[CH2-]C.[Y].[Y].[Y]. The molecule has 0 aliphatic rings. The Morgan fingerprint density at radius 1 is 1.33 bits per heavy atom. The van der Waals surface area contributed by atoms with E-state index in [0.717, 1.165) is 4.60 Å². The first-order chi connectivity index (χ1) is 12.1. The second kappa shape index (κ2) is 112. The average Bonchev–Trinajstić information content (AvgIpc) is 3.17. The number of amides is 1. The Kier molecular flexibility index (Phi) is 259. The fourth-order valence-corrected chi connectivity index (χ4v) is 0.470. The predicted octanol–water partition coefficient (Wildman–Crippen LogP) is 3.14. The van der Waals surface area contributed by atoms with Crippen molar-refractivity contribution in [3.8, 4) is 6.07 Å². The Morgan fingerprint density at radius 2 is 1.67 bits per heavy atom. The van der Waals surface area contributed by atoms with Crippen LogP contribution in [0.1, 0.15) is 28.2 Å². The molecule has 0 unspecified atom stereocenters. The summed E-state index contributed by atoms with van der Waals surface area (Å²) in [4.78, 5) is 26.5. The first-order valence-corrected chi connectivity index (χ1v) is 7.13. The smallest absolute Gasteiger partial charge is 0.260 e. The van der Waals surface area contributed by atoms with E-state index in [9.17, 15) is 4.79 Å². The van der Waals surface area contributed by atoms with Crippen LogP contribution in [0.3, 0.4) is 0 Å². The summed E-state index contributed by atoms with van der Waals surface area (Å²) in [6.45, 7) is 21.7. The summed E-state index contributed by atoms with van der Waals surface area (Å²) in [5, 5.41) is 16.3. The number of hydrogen-bond acceptors (Lipinski definition) is 5. The summed E-state index contributed by atoms with van der Waals surface area (Å²) < 4.78 is 0.863. The average molecular weight is 737 g/mol. The maximum Gasteiger partial charge on any atom is 0.260 e. The summed E-state index contributed by atoms with van der Waals surface area (Å²) in [6, 6.07) is 1.71. The van der Waals surface area contributed by atoms with Crippen molar-refractivity contribution in [1.29, 1.82) is 5.26 Å². The number of nitrogens with one attached hydrogen (secondary N) is 2. The van der Waals surface area contributed by atoms with Gasteiger partial charge in [-0.15, -0.1) is 28.3 Å². The van der Waals surface area contributed by atoms with Crippen LogP contribution in [0.4, 0.5) is 0 Å². The van der Waals surface area contributed by atoms with Crippen molar-refractivity contribution in [2.75, 3.05) is 13.2 Å². The Bertz CT molecular complexity index is 397. The van der Waals surface area contributed by atoms with E-state index in [1.54, 1.807) is 33.0 Å². The van der Waals surface area contributed by atoms with Gasteiger partial charge in [0.1, 0.15) is 0 Å². The molecule has 1 amide bonds. The van der Waals surface area contributed by atoms with Gasteiger partial charge >= 0.3 is 0 Å². The standard InChI is InChI=1S/C3H2BrN2.C3H3N2O.C2H4N2.3C2H5.CHO2.CH4.ClH.3Y/c4-3-1-5-2-6-3;1-4-2-5-3-6;3-1-2-4;3*1-2;2-1-3;;;;;/h1H,(H,5,6);2H2,(H,5,6);1,3H2;3*1H2,2H3;(H,2,3);1H4;1H;;;/q2*-1;;4*-1;;;;;. The van der Waals surface area contributed by atoms with E-state index in [-0.39, 0.29) is 131 Å². The minimum atomic E-state index is 0. The number of hydrogen-bond donors (Lipinski definition) is 4. The zero-order chi connectivity index (χ0) is 21.4. The van der Waals surface area contributed by atoms with Crippen molar-refractivity contribution >= 4 is 41.2 Å². The Morgan fingerprint density at radius 3 is 1.73 bits per heavy atom. The van der Waals surface area contributed by atoms with Crippen LogP contribution in [-0.4, -0.2) is 41.2 Å². The number of aromatic amines is 1. The zero-order valence-electron chi connectivity index (χ0n) is 16.8. The van der Waals surface area contributed by atoms with E-state index in [2.05, 4.69) is 63.6 Å². The van der Waals surface area contributed by atoms with Crippen LogP contribution < -0.4 is 11.1 Å². The summed E-state index contributed by atoms with van der Waals surface area (Å²) in [5.74, 6) is 0. The van der Waals surface area contributed by atoms with Crippen molar-refractivity contribution in [1.82, 2.24) is 15.3 Å². The summed E-state index contributed by atoms with van der Waals surface area (Å²) >= 11 is 3.13. The molecule has 0 fully saturated rings. The molecular weight excluding hydrogens is 706 g/mol. The van der Waals surface area contributed by atoms with Crippen molar-refractivity contribution < 1.29 is 113 Å². The largest absolute Gasteiger partial charge is 0.665 e. The number of aromatic nitrogens is 2. The van der Waals surface area contributed by atoms with Crippen LogP contribution in [0.2, 0.25) is 0 Å². The molecule has 5 N–H and O–H groups in total. The van der Waals surface area contributed by atoms with Gasteiger partial charge in [0.05, 0.1) is 12.6 Å². The normalized spacial score (nSPS) is 4.60. The molecule has 0 atom stereocenters. The molecule has 30 heavy (non-hydrogen) atoms. The summed E-state index contributed by atoms with van der Waals surface area (Å²) in [5.41, 5.74) is 4.67. The van der Waals surface area contributed by atoms with E-state index in [1.807, 2.05) is 5.32 Å². The minimum absolute atomic E-state index is 0. The number of rotatable bonds is 2. The maximum absolute atomic E-state index is 9.18. The van der Waals surface area contributed by atoms with Gasteiger partial charge in [-0.25, -0.2) is 6.57 Å². The third-order valence-electron chi connectivity index (χ3n) is 0.739. The van der Waals surface area contributed by atoms with Gasteiger partial charge in [-0.2, -0.15) is 32.4 Å². The molecule has 171 valence electrons. The molecule has 0 aliphatic carbocycles. The molecule has 1 aromatic rings. The fraction of sp³-hybridized carbons (Fsp3) is 0.375. The van der Waals surface area contributed by atoms with Crippen LogP contribution >= 0.6 is 28.3 Å². The first kappa shape index (κ1) is 69.7. The van der Waals surface area contributed by atoms with Crippen LogP contribution in [0.5, 0.6) is 0 Å². The second-order valence-electron chi connectivity index (χ2n) is 1.89. The second-order valence-corrected chi connectivity index (χ2v) is 2.75. The van der Waals surface area contributed by atoms with Gasteiger partial charge in [0, 0.05) is 98.1 Å². The van der Waals surface area contributed by atoms with Crippen molar-refractivity contribution in [2.24, 2.45) is 5.73 Å². The number of halogens is 2. The molecule has 0 saturated carbocycles. The van der Waals surface area contributed by atoms with Crippen LogP contribution in [-0.2, 0) is 108 Å². The van der Waals surface area contributed by atoms with Gasteiger partial charge < -0.3 is 56.5 Å². The molecule has 14 heteroatoms. The molecule has 1 aromatic heterocycles. The summed E-state index contributed by atoms with van der Waals surface area (Å²) in [7, 11) is 0. The molecule has 0 aromatic carbocycles. The van der Waals surface area contributed by atoms with Crippen molar-refractivity contribution in [2.45, 2.75) is 28.2 Å². The maximum atomic E-state index is 9.18. The van der Waals surface area contributed by atoms with Gasteiger partial charge in [-0.3, -0.25) is 4.85 Å². The van der Waals surface area contributed by atoms with Gasteiger partial charge in [-0.05, 0) is 6.33 Å². The molecule has 1 heterocycles. The molecule has 9 nitrogen and oxygen atoms in total. The molecule has 0 bridgehead atoms. The number of imidazole rings is 1. The zero-order valence-corrected chi connectivity index (χ0v) is 27.7. The van der Waals surface area contributed by atoms with E-state index < -0.39 is 0 Å². The number of carbonyl (C=O) groups excluding carboxylic acids is 1. The third kappa shape index (κ3) is 156. The third-order valence-corrected chi connectivity index (χ3v) is 1.14. The topological polar surface area (TPSA) is 149 Å². The fourth-order valence-electron chi connectivity index (χ4n) is 0.279. The minimum Gasteiger partial charge on any atom is -0.665 e. The molecule has 3 radical (unpaired) electrons. The van der Waals surface area contributed by atoms with Gasteiger partial charge in [0.2, 0.25) is 0 Å². The van der Waals surface area contributed by atoms with Crippen molar-refractivity contribution in [3.05, 3.63) is 49.3 Å². The van der Waals surface area contributed by atoms with E-state index in [4.69, 9.17) is 21.7 Å². The van der Waals surface area contributed by atoms with Gasteiger partial charge in [0.25, 0.3) is 6.67 Å². The van der Waals surface area contributed by atoms with Crippen LogP contribution in [0, 0.1) is 45.0 Å². The Hall–Kier alpha value is 1.17. The molecule has 0 spiro atoms. The number of H-pyrrole nitrogens is 1. The van der Waals surface area contributed by atoms with E-state index >= 15 is 0 Å². The van der Waals surface area contributed by atoms with Crippen molar-refractivity contribution in [3.63, 3.8) is 0 Å². The van der Waals surface area contributed by atoms with Gasteiger partial charge in [0.15, 0.2) is 0 Å². The summed E-state index contributed by atoms with van der Waals surface area (Å²) in [6.07, 6.45) is 5.50. The van der Waals surface area contributed by atoms with E-state index in [0.29, 0.717) is 6.47 Å². The van der Waals surface area contributed by atoms with Crippen LogP contribution in [0.15, 0.2) is 10.8 Å². The van der Waals surface area contributed by atoms with E-state index in [1.165, 1.54) is 6.41 Å². The number of nitrogens with two attached hydrogens (primary N) is 1. The number of nitrogens with zero attached hydrogens (tertiary/aromatic N) is 3.